The van der Waals surface area contributed by atoms with Crippen molar-refractivity contribution in [1.82, 2.24) is 0 Å². The van der Waals surface area contributed by atoms with E-state index >= 15 is 0 Å². The third-order valence-electron chi connectivity index (χ3n) is 2.35. The fourth-order valence-corrected chi connectivity index (χ4v) is 1.60. The van der Waals surface area contributed by atoms with Crippen molar-refractivity contribution in [3.05, 3.63) is 33.3 Å². The van der Waals surface area contributed by atoms with Crippen LogP contribution in [0.3, 0.4) is 0 Å². The fraction of sp³-hybridized carbons (Fsp3) is 0.364. The molecule has 1 amide bonds. The Bertz CT molecular complexity index is 465. The fourth-order valence-electron chi connectivity index (χ4n) is 1.43. The number of amides is 1. The summed E-state index contributed by atoms with van der Waals surface area (Å²) in [5.41, 5.74) is 5.47. The highest BCUT2D eigenvalue weighted by molar-refractivity contribution is 6.31. The Morgan fingerprint density at radius 2 is 2.28 bits per heavy atom. The molecule has 0 aliphatic rings. The number of carbonyl (C=O) groups is 1. The van der Waals surface area contributed by atoms with Crippen molar-refractivity contribution < 1.29 is 9.72 Å². The predicted molar refractivity (Wildman–Crippen MR) is 69.6 cm³/mol. The quantitative estimate of drug-likeness (QED) is 0.634. The number of nitrogens with zero attached hydrogens (tertiary/aromatic N) is 1. The number of hydrogen-bond donors (Lipinski definition) is 2. The van der Waals surface area contributed by atoms with Gasteiger partial charge in [0.05, 0.1) is 11.0 Å². The van der Waals surface area contributed by atoms with Gasteiger partial charge in [0.1, 0.15) is 5.69 Å². The average Bonchev–Trinajstić information content (AvgIpc) is 2.31. The van der Waals surface area contributed by atoms with E-state index < -0.39 is 16.9 Å². The molecule has 0 aliphatic heterocycles. The zero-order valence-corrected chi connectivity index (χ0v) is 10.6. The van der Waals surface area contributed by atoms with Gasteiger partial charge in [-0.25, -0.2) is 0 Å². The number of benzene rings is 1. The molecule has 0 unspecified atom stereocenters. The summed E-state index contributed by atoms with van der Waals surface area (Å²) >= 11 is 5.67. The van der Waals surface area contributed by atoms with Gasteiger partial charge in [0, 0.05) is 11.1 Å². The van der Waals surface area contributed by atoms with Crippen LogP contribution in [-0.2, 0) is 4.79 Å². The molecule has 1 atom stereocenters. The van der Waals surface area contributed by atoms with E-state index in [1.54, 1.807) is 0 Å². The molecule has 6 nitrogen and oxygen atoms in total. The first-order chi connectivity index (χ1) is 8.45. The van der Waals surface area contributed by atoms with E-state index in [0.29, 0.717) is 6.42 Å². The van der Waals surface area contributed by atoms with Crippen molar-refractivity contribution in [3.63, 3.8) is 0 Å². The lowest BCUT2D eigenvalue weighted by molar-refractivity contribution is -0.383. The third-order valence-corrected chi connectivity index (χ3v) is 2.59. The van der Waals surface area contributed by atoms with Crippen LogP contribution in [0, 0.1) is 10.1 Å². The highest BCUT2D eigenvalue weighted by Crippen LogP contribution is 2.27. The van der Waals surface area contributed by atoms with Crippen LogP contribution in [0.4, 0.5) is 11.4 Å². The Morgan fingerprint density at radius 3 is 2.83 bits per heavy atom. The van der Waals surface area contributed by atoms with E-state index in [0.717, 1.165) is 6.42 Å². The molecular weight excluding hydrogens is 258 g/mol. The monoisotopic (exact) mass is 271 g/mol. The summed E-state index contributed by atoms with van der Waals surface area (Å²) in [7, 11) is 0. The number of nitrogens with two attached hydrogens (primary N) is 1. The highest BCUT2D eigenvalue weighted by atomic mass is 35.5. The van der Waals surface area contributed by atoms with Gasteiger partial charge < -0.3 is 11.1 Å². The molecule has 0 bridgehead atoms. The lowest BCUT2D eigenvalue weighted by Crippen LogP contribution is -2.35. The lowest BCUT2D eigenvalue weighted by atomic mass is 10.1. The molecule has 18 heavy (non-hydrogen) atoms. The van der Waals surface area contributed by atoms with E-state index in [-0.39, 0.29) is 16.4 Å². The largest absolute Gasteiger partial charge is 0.320 e. The van der Waals surface area contributed by atoms with Crippen LogP contribution >= 0.6 is 11.6 Å². The Labute approximate surface area is 109 Å². The van der Waals surface area contributed by atoms with E-state index in [1.807, 2.05) is 6.92 Å². The van der Waals surface area contributed by atoms with Gasteiger partial charge in [-0.1, -0.05) is 24.9 Å². The summed E-state index contributed by atoms with van der Waals surface area (Å²) in [5, 5.41) is 13.5. The average molecular weight is 272 g/mol. The number of carbonyl (C=O) groups excluding carboxylic acids is 1. The Balaban J connectivity index is 2.90. The lowest BCUT2D eigenvalue weighted by Gasteiger charge is -2.11. The first-order valence-corrected chi connectivity index (χ1v) is 5.84. The Kier molecular flexibility index (Phi) is 5.06. The molecule has 1 aromatic rings. The smallest absolute Gasteiger partial charge is 0.294 e. The van der Waals surface area contributed by atoms with Gasteiger partial charge in [-0.3, -0.25) is 14.9 Å². The molecule has 0 saturated heterocycles. The van der Waals surface area contributed by atoms with Gasteiger partial charge in [-0.2, -0.15) is 0 Å². The zero-order chi connectivity index (χ0) is 13.7. The van der Waals surface area contributed by atoms with Crippen LogP contribution in [0.2, 0.25) is 5.02 Å². The van der Waals surface area contributed by atoms with Gasteiger partial charge >= 0.3 is 0 Å². The molecule has 0 aromatic heterocycles. The van der Waals surface area contributed by atoms with E-state index in [2.05, 4.69) is 5.32 Å². The van der Waals surface area contributed by atoms with Crippen LogP contribution in [0.25, 0.3) is 0 Å². The molecule has 1 rings (SSSR count). The van der Waals surface area contributed by atoms with Crippen LogP contribution in [0.5, 0.6) is 0 Å². The van der Waals surface area contributed by atoms with Gasteiger partial charge in [-0.05, 0) is 18.6 Å². The Hall–Kier alpha value is -1.66. The molecular formula is C11H14ClN3O3. The van der Waals surface area contributed by atoms with Crippen molar-refractivity contribution >= 4 is 28.9 Å². The molecule has 0 radical (unpaired) electrons. The summed E-state index contributed by atoms with van der Waals surface area (Å²) in [6, 6.07) is 3.36. The number of rotatable bonds is 5. The van der Waals surface area contributed by atoms with Crippen molar-refractivity contribution in [3.8, 4) is 0 Å². The SMILES string of the molecule is CCC[C@H](N)C(=O)Nc1ccc(Cl)cc1[N+](=O)[O-]. The van der Waals surface area contributed by atoms with Crippen molar-refractivity contribution in [1.29, 1.82) is 0 Å². The van der Waals surface area contributed by atoms with Gasteiger partial charge in [0.15, 0.2) is 0 Å². The van der Waals surface area contributed by atoms with Crippen LogP contribution in [0.15, 0.2) is 18.2 Å². The van der Waals surface area contributed by atoms with Gasteiger partial charge in [0.2, 0.25) is 5.91 Å². The number of nitro benzene ring substituents is 1. The minimum Gasteiger partial charge on any atom is -0.320 e. The topological polar surface area (TPSA) is 98.3 Å². The standard InChI is InChI=1S/C11H14ClN3O3/c1-2-3-8(13)11(16)14-9-5-4-7(12)6-10(9)15(17)18/h4-6,8H,2-3,13H2,1H3,(H,14,16)/t8-/m0/s1. The minimum absolute atomic E-state index is 0.0981. The van der Waals surface area contributed by atoms with Crippen LogP contribution in [0.1, 0.15) is 19.8 Å². The van der Waals surface area contributed by atoms with E-state index in [9.17, 15) is 14.9 Å². The highest BCUT2D eigenvalue weighted by Gasteiger charge is 2.19. The minimum atomic E-state index is -0.676. The summed E-state index contributed by atoms with van der Waals surface area (Å²) in [5.74, 6) is -0.442. The van der Waals surface area contributed by atoms with Crippen molar-refractivity contribution in [2.24, 2.45) is 5.73 Å². The molecule has 98 valence electrons. The third kappa shape index (κ3) is 3.68. The molecule has 0 saturated carbocycles. The number of halogens is 1. The van der Waals surface area contributed by atoms with Gasteiger partial charge in [0.25, 0.3) is 5.69 Å². The van der Waals surface area contributed by atoms with Crippen molar-refractivity contribution in [2.75, 3.05) is 5.32 Å². The molecule has 0 aliphatic carbocycles. The van der Waals surface area contributed by atoms with E-state index in [1.165, 1.54) is 18.2 Å². The number of hydrogen-bond acceptors (Lipinski definition) is 4. The van der Waals surface area contributed by atoms with E-state index in [4.69, 9.17) is 17.3 Å². The summed E-state index contributed by atoms with van der Waals surface area (Å²) in [4.78, 5) is 21.9. The summed E-state index contributed by atoms with van der Waals surface area (Å²) in [6.07, 6.45) is 1.28. The molecule has 3 N–H and O–H groups in total. The molecule has 0 spiro atoms. The maximum atomic E-state index is 11.7. The first-order valence-electron chi connectivity index (χ1n) is 5.46. The predicted octanol–water partition coefficient (Wildman–Crippen LogP) is 2.31. The molecule has 1 aromatic carbocycles. The molecule has 0 heterocycles. The summed E-state index contributed by atoms with van der Waals surface area (Å²) in [6.45, 7) is 1.90. The maximum Gasteiger partial charge on any atom is 0.294 e. The number of anilines is 1. The van der Waals surface area contributed by atoms with Crippen molar-refractivity contribution in [2.45, 2.75) is 25.8 Å². The number of nitrogens with one attached hydrogen (secondary N) is 1. The van der Waals surface area contributed by atoms with Crippen LogP contribution in [-0.4, -0.2) is 16.9 Å². The van der Waals surface area contributed by atoms with Crippen LogP contribution < -0.4 is 11.1 Å². The molecule has 0 fully saturated rings. The van der Waals surface area contributed by atoms with Gasteiger partial charge in [-0.15, -0.1) is 0 Å². The second-order valence-corrected chi connectivity index (χ2v) is 4.24. The second kappa shape index (κ2) is 6.32. The second-order valence-electron chi connectivity index (χ2n) is 3.80. The molecule has 7 heteroatoms. The summed E-state index contributed by atoms with van der Waals surface area (Å²) < 4.78 is 0. The number of nitro groups is 1. The maximum absolute atomic E-state index is 11.7. The first kappa shape index (κ1) is 14.4. The Morgan fingerprint density at radius 1 is 1.61 bits per heavy atom. The zero-order valence-electron chi connectivity index (χ0n) is 9.85. The normalized spacial score (nSPS) is 11.9.